The van der Waals surface area contributed by atoms with Crippen LogP contribution in [0.1, 0.15) is 32.1 Å². The highest BCUT2D eigenvalue weighted by atomic mass is 14.9. The molecule has 1 fully saturated rings. The van der Waals surface area contributed by atoms with Crippen molar-refractivity contribution in [3.63, 3.8) is 0 Å². The fraction of sp³-hybridized carbons (Fsp3) is 0.545. The molecule has 0 unspecified atom stereocenters. The van der Waals surface area contributed by atoms with Gasteiger partial charge in [-0.05, 0) is 38.2 Å². The highest BCUT2D eigenvalue weighted by Crippen LogP contribution is 2.19. The van der Waals surface area contributed by atoms with Gasteiger partial charge < -0.3 is 5.32 Å². The van der Waals surface area contributed by atoms with Crippen LogP contribution in [0.4, 0.5) is 0 Å². The predicted octanol–water partition coefficient (Wildman–Crippen LogP) is 2.76. The number of rotatable bonds is 5. The highest BCUT2D eigenvalue weighted by Gasteiger charge is 2.16. The summed E-state index contributed by atoms with van der Waals surface area (Å²) in [4.78, 5) is 0. The maximum absolute atomic E-state index is 3.97. The summed E-state index contributed by atoms with van der Waals surface area (Å²) in [6.07, 6.45) is 7.97. The molecule has 1 aliphatic rings. The molecule has 0 heterocycles. The van der Waals surface area contributed by atoms with Gasteiger partial charge in [-0.1, -0.05) is 13.2 Å². The van der Waals surface area contributed by atoms with E-state index in [1.807, 2.05) is 6.08 Å². The van der Waals surface area contributed by atoms with Crippen molar-refractivity contribution in [3.05, 3.63) is 30.7 Å². The summed E-state index contributed by atoms with van der Waals surface area (Å²) in [6, 6.07) is 0.713. The SMILES string of the molecule is C=C=CCCC(=C)NC1CCC1. The zero-order valence-corrected chi connectivity index (χ0v) is 7.60. The Bertz CT molecular complexity index is 195. The third-order valence-corrected chi connectivity index (χ3v) is 2.25. The zero-order chi connectivity index (χ0) is 8.81. The van der Waals surface area contributed by atoms with Gasteiger partial charge in [0.2, 0.25) is 0 Å². The van der Waals surface area contributed by atoms with Gasteiger partial charge in [-0.2, -0.15) is 0 Å². The van der Waals surface area contributed by atoms with Crippen molar-refractivity contribution in [2.75, 3.05) is 0 Å². The summed E-state index contributed by atoms with van der Waals surface area (Å²) in [7, 11) is 0. The lowest BCUT2D eigenvalue weighted by Gasteiger charge is -2.28. The van der Waals surface area contributed by atoms with Gasteiger partial charge in [0, 0.05) is 11.7 Å². The maximum Gasteiger partial charge on any atom is 0.0258 e. The molecule has 66 valence electrons. The summed E-state index contributed by atoms with van der Waals surface area (Å²) >= 11 is 0. The van der Waals surface area contributed by atoms with Gasteiger partial charge >= 0.3 is 0 Å². The molecule has 0 bridgehead atoms. The van der Waals surface area contributed by atoms with Crippen LogP contribution in [0.2, 0.25) is 0 Å². The fourth-order valence-corrected chi connectivity index (χ4v) is 1.26. The minimum atomic E-state index is 0.713. The second-order valence-electron chi connectivity index (χ2n) is 3.32. The van der Waals surface area contributed by atoms with Crippen molar-refractivity contribution >= 4 is 0 Å². The van der Waals surface area contributed by atoms with Crippen molar-refractivity contribution in [2.24, 2.45) is 0 Å². The lowest BCUT2D eigenvalue weighted by molar-refractivity contribution is 0.361. The van der Waals surface area contributed by atoms with Crippen LogP contribution in [0.3, 0.4) is 0 Å². The van der Waals surface area contributed by atoms with Crippen LogP contribution < -0.4 is 5.32 Å². The molecule has 0 amide bonds. The van der Waals surface area contributed by atoms with Gasteiger partial charge in [0.1, 0.15) is 0 Å². The first-order chi connectivity index (χ1) is 5.83. The fourth-order valence-electron chi connectivity index (χ4n) is 1.26. The molecule has 0 aromatic rings. The number of nitrogens with one attached hydrogen (secondary N) is 1. The largest absolute Gasteiger partial charge is 0.386 e. The van der Waals surface area contributed by atoms with Gasteiger partial charge in [0.15, 0.2) is 0 Å². The Kier molecular flexibility index (Phi) is 3.69. The molecule has 0 aromatic carbocycles. The molecular formula is C11H17N. The molecule has 1 heteroatoms. The minimum Gasteiger partial charge on any atom is -0.386 e. The zero-order valence-electron chi connectivity index (χ0n) is 7.60. The van der Waals surface area contributed by atoms with Crippen LogP contribution in [-0.4, -0.2) is 6.04 Å². The summed E-state index contributed by atoms with van der Waals surface area (Å²) < 4.78 is 0. The molecular weight excluding hydrogens is 146 g/mol. The number of hydrogen-bond donors (Lipinski definition) is 1. The van der Waals surface area contributed by atoms with Crippen molar-refractivity contribution in [3.8, 4) is 0 Å². The van der Waals surface area contributed by atoms with E-state index in [0.717, 1.165) is 18.5 Å². The Labute approximate surface area is 74.9 Å². The summed E-state index contributed by atoms with van der Waals surface area (Å²) in [5.74, 6) is 0. The number of hydrogen-bond acceptors (Lipinski definition) is 1. The molecule has 1 aliphatic carbocycles. The standard InChI is InChI=1S/C11H17N/c1-3-4-5-7-10(2)12-11-8-6-9-11/h4,11-12H,1-2,5-9H2. The molecule has 0 atom stereocenters. The molecule has 1 nitrogen and oxygen atoms in total. The van der Waals surface area contributed by atoms with E-state index in [1.54, 1.807) is 0 Å². The topological polar surface area (TPSA) is 12.0 Å². The van der Waals surface area contributed by atoms with E-state index in [2.05, 4.69) is 24.2 Å². The monoisotopic (exact) mass is 163 g/mol. The van der Waals surface area contributed by atoms with Crippen LogP contribution in [0, 0.1) is 0 Å². The molecule has 0 saturated heterocycles. The molecule has 1 rings (SSSR count). The second-order valence-corrected chi connectivity index (χ2v) is 3.32. The van der Waals surface area contributed by atoms with Crippen molar-refractivity contribution in [2.45, 2.75) is 38.1 Å². The van der Waals surface area contributed by atoms with Gasteiger partial charge in [0.05, 0.1) is 0 Å². The van der Waals surface area contributed by atoms with E-state index in [9.17, 15) is 0 Å². The summed E-state index contributed by atoms with van der Waals surface area (Å²) in [6.45, 7) is 7.48. The predicted molar refractivity (Wildman–Crippen MR) is 52.9 cm³/mol. The van der Waals surface area contributed by atoms with E-state index in [1.165, 1.54) is 19.3 Å². The lowest BCUT2D eigenvalue weighted by atomic mass is 9.93. The van der Waals surface area contributed by atoms with Crippen molar-refractivity contribution in [1.29, 1.82) is 0 Å². The Balaban J connectivity index is 2.06. The van der Waals surface area contributed by atoms with Crippen molar-refractivity contribution < 1.29 is 0 Å². The quantitative estimate of drug-likeness (QED) is 0.614. The van der Waals surface area contributed by atoms with Gasteiger partial charge in [-0.15, -0.1) is 5.73 Å². The molecule has 12 heavy (non-hydrogen) atoms. The lowest BCUT2D eigenvalue weighted by Crippen LogP contribution is -2.34. The Morgan fingerprint density at radius 3 is 2.83 bits per heavy atom. The Morgan fingerprint density at radius 1 is 1.58 bits per heavy atom. The molecule has 1 saturated carbocycles. The summed E-state index contributed by atoms with van der Waals surface area (Å²) in [5.41, 5.74) is 3.92. The second kappa shape index (κ2) is 4.84. The first-order valence-corrected chi connectivity index (χ1v) is 4.61. The normalized spacial score (nSPS) is 16.0. The molecule has 0 spiro atoms. The minimum absolute atomic E-state index is 0.713. The average molecular weight is 163 g/mol. The third kappa shape index (κ3) is 2.98. The van der Waals surface area contributed by atoms with Crippen molar-refractivity contribution in [1.82, 2.24) is 5.32 Å². The Morgan fingerprint density at radius 2 is 2.33 bits per heavy atom. The number of allylic oxidation sites excluding steroid dienone is 2. The van der Waals surface area contributed by atoms with Gasteiger partial charge in [-0.25, -0.2) is 0 Å². The van der Waals surface area contributed by atoms with E-state index in [4.69, 9.17) is 0 Å². The first kappa shape index (κ1) is 9.15. The molecule has 1 N–H and O–H groups in total. The smallest absolute Gasteiger partial charge is 0.0258 e. The van der Waals surface area contributed by atoms with Crippen LogP contribution in [0.5, 0.6) is 0 Å². The van der Waals surface area contributed by atoms with Crippen LogP contribution in [0.25, 0.3) is 0 Å². The third-order valence-electron chi connectivity index (χ3n) is 2.25. The van der Waals surface area contributed by atoms with E-state index in [0.29, 0.717) is 6.04 Å². The maximum atomic E-state index is 3.97. The highest BCUT2D eigenvalue weighted by molar-refractivity contribution is 4.97. The van der Waals surface area contributed by atoms with Gasteiger partial charge in [0.25, 0.3) is 0 Å². The average Bonchev–Trinajstić information content (AvgIpc) is 1.98. The van der Waals surface area contributed by atoms with Crippen LogP contribution in [-0.2, 0) is 0 Å². The van der Waals surface area contributed by atoms with Gasteiger partial charge in [-0.3, -0.25) is 0 Å². The van der Waals surface area contributed by atoms with E-state index < -0.39 is 0 Å². The molecule has 0 radical (unpaired) electrons. The van der Waals surface area contributed by atoms with E-state index >= 15 is 0 Å². The van der Waals surface area contributed by atoms with E-state index in [-0.39, 0.29) is 0 Å². The Hall–Kier alpha value is -0.940. The first-order valence-electron chi connectivity index (χ1n) is 4.61. The summed E-state index contributed by atoms with van der Waals surface area (Å²) in [5, 5.41) is 3.41. The van der Waals surface area contributed by atoms with Crippen LogP contribution >= 0.6 is 0 Å². The molecule has 0 aliphatic heterocycles. The van der Waals surface area contributed by atoms with Crippen LogP contribution in [0.15, 0.2) is 30.7 Å². The molecule has 0 aromatic heterocycles.